The number of fused-ring (bicyclic) bond motifs is 1. The molecule has 0 amide bonds. The SMILES string of the molecule is Cc1c(-c2cccc(Cl)c2)nc2c(Br)cccn12. The number of hydrogen-bond donors (Lipinski definition) is 0. The van der Waals surface area contributed by atoms with E-state index in [1.165, 1.54) is 0 Å². The Kier molecular flexibility index (Phi) is 2.88. The lowest BCUT2D eigenvalue weighted by Gasteiger charge is -2.00. The first-order valence-corrected chi connectivity index (χ1v) is 6.73. The van der Waals surface area contributed by atoms with E-state index in [1.807, 2.05) is 42.6 Å². The van der Waals surface area contributed by atoms with Crippen LogP contribution in [0.5, 0.6) is 0 Å². The number of rotatable bonds is 1. The fourth-order valence-electron chi connectivity index (χ4n) is 2.06. The highest BCUT2D eigenvalue weighted by molar-refractivity contribution is 9.10. The van der Waals surface area contributed by atoms with E-state index in [2.05, 4.69) is 32.2 Å². The molecule has 0 N–H and O–H groups in total. The van der Waals surface area contributed by atoms with Crippen molar-refractivity contribution in [3.63, 3.8) is 0 Å². The average Bonchev–Trinajstić information content (AvgIpc) is 2.69. The summed E-state index contributed by atoms with van der Waals surface area (Å²) in [5, 5.41) is 0.725. The molecule has 1 aromatic carbocycles. The standard InChI is InChI=1S/C14H10BrClN2/c1-9-13(10-4-2-5-11(16)8-10)17-14-12(15)6-3-7-18(9)14/h2-8H,1H3. The third-order valence-corrected chi connectivity index (χ3v) is 3.79. The van der Waals surface area contributed by atoms with Gasteiger partial charge in [0, 0.05) is 22.5 Å². The highest BCUT2D eigenvalue weighted by Gasteiger charge is 2.11. The van der Waals surface area contributed by atoms with E-state index in [4.69, 9.17) is 11.6 Å². The number of nitrogens with zero attached hydrogens (tertiary/aromatic N) is 2. The summed E-state index contributed by atoms with van der Waals surface area (Å²) in [6.45, 7) is 2.06. The van der Waals surface area contributed by atoms with Crippen molar-refractivity contribution in [2.24, 2.45) is 0 Å². The average molecular weight is 322 g/mol. The minimum atomic E-state index is 0.725. The lowest BCUT2D eigenvalue weighted by Crippen LogP contribution is -1.87. The van der Waals surface area contributed by atoms with Crippen molar-refractivity contribution < 1.29 is 0 Å². The summed E-state index contributed by atoms with van der Waals surface area (Å²) in [5.41, 5.74) is 4.03. The molecule has 2 heterocycles. The first kappa shape index (κ1) is 11.8. The Balaban J connectivity index is 2.30. The second-order valence-corrected chi connectivity index (χ2v) is 5.40. The maximum atomic E-state index is 6.03. The van der Waals surface area contributed by atoms with Crippen molar-refractivity contribution in [2.75, 3.05) is 0 Å². The molecule has 0 spiro atoms. The van der Waals surface area contributed by atoms with Gasteiger partial charge in [0.15, 0.2) is 5.65 Å². The van der Waals surface area contributed by atoms with Gasteiger partial charge in [-0.15, -0.1) is 0 Å². The van der Waals surface area contributed by atoms with Crippen LogP contribution in [0.15, 0.2) is 47.1 Å². The molecule has 0 bridgehead atoms. The zero-order valence-electron chi connectivity index (χ0n) is 9.69. The third kappa shape index (κ3) is 1.84. The van der Waals surface area contributed by atoms with Crippen molar-refractivity contribution in [2.45, 2.75) is 6.92 Å². The van der Waals surface area contributed by atoms with Gasteiger partial charge in [-0.1, -0.05) is 23.7 Å². The molecular weight excluding hydrogens is 312 g/mol. The summed E-state index contributed by atoms with van der Waals surface area (Å²) in [6.07, 6.45) is 2.01. The summed E-state index contributed by atoms with van der Waals surface area (Å²) in [4.78, 5) is 4.68. The molecule has 18 heavy (non-hydrogen) atoms. The lowest BCUT2D eigenvalue weighted by atomic mass is 10.1. The van der Waals surface area contributed by atoms with E-state index < -0.39 is 0 Å². The predicted molar refractivity (Wildman–Crippen MR) is 78.1 cm³/mol. The Labute approximate surface area is 118 Å². The number of aromatic nitrogens is 2. The zero-order chi connectivity index (χ0) is 12.7. The van der Waals surface area contributed by atoms with Gasteiger partial charge < -0.3 is 4.40 Å². The second-order valence-electron chi connectivity index (χ2n) is 4.11. The molecule has 4 heteroatoms. The van der Waals surface area contributed by atoms with Crippen LogP contribution < -0.4 is 0 Å². The molecule has 3 aromatic rings. The number of aryl methyl sites for hydroxylation is 1. The highest BCUT2D eigenvalue weighted by Crippen LogP contribution is 2.28. The molecule has 0 aliphatic heterocycles. The number of benzene rings is 1. The molecule has 0 unspecified atom stereocenters. The lowest BCUT2D eigenvalue weighted by molar-refractivity contribution is 1.11. The fourth-order valence-corrected chi connectivity index (χ4v) is 2.68. The highest BCUT2D eigenvalue weighted by atomic mass is 79.9. The van der Waals surface area contributed by atoms with Crippen molar-refractivity contribution >= 4 is 33.2 Å². The summed E-state index contributed by atoms with van der Waals surface area (Å²) in [6, 6.07) is 11.7. The van der Waals surface area contributed by atoms with Gasteiger partial charge >= 0.3 is 0 Å². The first-order chi connectivity index (χ1) is 8.66. The molecule has 0 saturated heterocycles. The van der Waals surface area contributed by atoms with E-state index in [9.17, 15) is 0 Å². The topological polar surface area (TPSA) is 17.3 Å². The molecule has 0 fully saturated rings. The van der Waals surface area contributed by atoms with Gasteiger partial charge in [-0.3, -0.25) is 0 Å². The maximum absolute atomic E-state index is 6.03. The number of imidazole rings is 1. The van der Waals surface area contributed by atoms with Crippen LogP contribution in [0.4, 0.5) is 0 Å². The normalized spacial score (nSPS) is 11.1. The van der Waals surface area contributed by atoms with Crippen LogP contribution in [0, 0.1) is 6.92 Å². The second kappa shape index (κ2) is 4.41. The largest absolute Gasteiger partial charge is 0.303 e. The van der Waals surface area contributed by atoms with Crippen molar-refractivity contribution in [3.8, 4) is 11.3 Å². The van der Waals surface area contributed by atoms with Crippen LogP contribution in [0.25, 0.3) is 16.9 Å². The molecule has 0 aliphatic carbocycles. The third-order valence-electron chi connectivity index (χ3n) is 2.94. The van der Waals surface area contributed by atoms with Crippen LogP contribution in [0.3, 0.4) is 0 Å². The van der Waals surface area contributed by atoms with E-state index in [0.717, 1.165) is 32.1 Å². The van der Waals surface area contributed by atoms with Gasteiger partial charge in [-0.25, -0.2) is 4.98 Å². The van der Waals surface area contributed by atoms with Crippen molar-refractivity contribution in [1.82, 2.24) is 9.38 Å². The van der Waals surface area contributed by atoms with Gasteiger partial charge in [0.2, 0.25) is 0 Å². The molecule has 2 nitrogen and oxygen atoms in total. The van der Waals surface area contributed by atoms with Crippen molar-refractivity contribution in [1.29, 1.82) is 0 Å². The van der Waals surface area contributed by atoms with Crippen LogP contribution in [0.2, 0.25) is 5.02 Å². The van der Waals surface area contributed by atoms with E-state index in [1.54, 1.807) is 0 Å². The molecule has 0 aliphatic rings. The van der Waals surface area contributed by atoms with Gasteiger partial charge in [0.1, 0.15) is 0 Å². The Morgan fingerprint density at radius 2 is 2.06 bits per heavy atom. The van der Waals surface area contributed by atoms with E-state index in [0.29, 0.717) is 0 Å². The van der Waals surface area contributed by atoms with Crippen LogP contribution in [-0.2, 0) is 0 Å². The van der Waals surface area contributed by atoms with E-state index in [-0.39, 0.29) is 0 Å². The minimum Gasteiger partial charge on any atom is -0.303 e. The summed E-state index contributed by atoms with van der Waals surface area (Å²) >= 11 is 9.56. The Bertz CT molecular complexity index is 734. The predicted octanol–water partition coefficient (Wildman–Crippen LogP) is 4.73. The van der Waals surface area contributed by atoms with Gasteiger partial charge in [0.05, 0.1) is 10.2 Å². The molecule has 3 rings (SSSR count). The first-order valence-electron chi connectivity index (χ1n) is 5.56. The summed E-state index contributed by atoms with van der Waals surface area (Å²) < 4.78 is 3.06. The quantitative estimate of drug-likeness (QED) is 0.633. The van der Waals surface area contributed by atoms with Gasteiger partial charge in [0.25, 0.3) is 0 Å². The Morgan fingerprint density at radius 1 is 1.22 bits per heavy atom. The smallest absolute Gasteiger partial charge is 0.152 e. The van der Waals surface area contributed by atoms with Crippen LogP contribution in [0.1, 0.15) is 5.69 Å². The molecule has 0 atom stereocenters. The molecular formula is C14H10BrClN2. The van der Waals surface area contributed by atoms with Crippen molar-refractivity contribution in [3.05, 3.63) is 57.8 Å². The van der Waals surface area contributed by atoms with Crippen LogP contribution >= 0.6 is 27.5 Å². The number of pyridine rings is 1. The Hall–Kier alpha value is -1.32. The maximum Gasteiger partial charge on any atom is 0.152 e. The number of halogens is 2. The summed E-state index contributed by atoms with van der Waals surface area (Å²) in [5.74, 6) is 0. The van der Waals surface area contributed by atoms with Crippen LogP contribution in [-0.4, -0.2) is 9.38 Å². The van der Waals surface area contributed by atoms with E-state index >= 15 is 0 Å². The molecule has 2 aromatic heterocycles. The molecule has 90 valence electrons. The fraction of sp³-hybridized carbons (Fsp3) is 0.0714. The van der Waals surface area contributed by atoms with Gasteiger partial charge in [-0.2, -0.15) is 0 Å². The monoisotopic (exact) mass is 320 g/mol. The zero-order valence-corrected chi connectivity index (χ0v) is 12.0. The Morgan fingerprint density at radius 3 is 2.78 bits per heavy atom. The molecule has 0 saturated carbocycles. The minimum absolute atomic E-state index is 0.725. The number of hydrogen-bond acceptors (Lipinski definition) is 1. The summed E-state index contributed by atoms with van der Waals surface area (Å²) in [7, 11) is 0. The molecule has 0 radical (unpaired) electrons. The van der Waals surface area contributed by atoms with Gasteiger partial charge in [-0.05, 0) is 47.1 Å².